The molecule has 4 fully saturated rings. The summed E-state index contributed by atoms with van der Waals surface area (Å²) >= 11 is 0. The molecule has 3 saturated heterocycles. The Hall–Kier alpha value is -3.60. The van der Waals surface area contributed by atoms with Crippen LogP contribution in [0.1, 0.15) is 75.8 Å². The summed E-state index contributed by atoms with van der Waals surface area (Å²) in [7, 11) is 0. The van der Waals surface area contributed by atoms with E-state index >= 15 is 0 Å². The number of piperidine rings is 1. The van der Waals surface area contributed by atoms with Gasteiger partial charge in [0, 0.05) is 31.6 Å². The predicted octanol–water partition coefficient (Wildman–Crippen LogP) is 2.72. The Bertz CT molecular complexity index is 1370. The van der Waals surface area contributed by atoms with Crippen LogP contribution in [0.3, 0.4) is 0 Å². The number of hydrogen-bond donors (Lipinski definition) is 4. The van der Waals surface area contributed by atoms with Crippen LogP contribution >= 0.6 is 0 Å². The highest BCUT2D eigenvalue weighted by atomic mass is 16.2. The minimum absolute atomic E-state index is 0.00529. The molecule has 2 aromatic rings. The smallest absolute Gasteiger partial charge is 0.245 e. The summed E-state index contributed by atoms with van der Waals surface area (Å²) in [5, 5.41) is 6.11. The van der Waals surface area contributed by atoms with Gasteiger partial charge in [-0.05, 0) is 75.6 Å². The molecule has 10 nitrogen and oxygen atoms in total. The zero-order chi connectivity index (χ0) is 34.1. The molecule has 6 N–H and O–H groups in total. The van der Waals surface area contributed by atoms with Gasteiger partial charge in [-0.3, -0.25) is 24.1 Å². The third-order valence-corrected chi connectivity index (χ3v) is 10.7. The van der Waals surface area contributed by atoms with E-state index < -0.39 is 29.4 Å². The minimum Gasteiger partial charge on any atom is -0.345 e. The molecule has 260 valence electrons. The second kappa shape index (κ2) is 16.7. The maximum Gasteiger partial charge on any atom is 0.245 e. The zero-order valence-electron chi connectivity index (χ0n) is 28.4. The van der Waals surface area contributed by atoms with Gasteiger partial charge >= 0.3 is 0 Å². The molecule has 3 amide bonds. The lowest BCUT2D eigenvalue weighted by Crippen LogP contribution is -2.72. The number of carbonyl (C=O) groups excluding carboxylic acids is 4. The van der Waals surface area contributed by atoms with E-state index in [2.05, 4.69) is 22.5 Å². The Morgan fingerprint density at radius 1 is 0.854 bits per heavy atom. The fourth-order valence-corrected chi connectivity index (χ4v) is 7.88. The summed E-state index contributed by atoms with van der Waals surface area (Å²) in [6, 6.07) is 17.2. The first kappa shape index (κ1) is 35.7. The Balaban J connectivity index is 1.30. The zero-order valence-corrected chi connectivity index (χ0v) is 28.4. The number of hydrogen-bond acceptors (Lipinski definition) is 7. The third kappa shape index (κ3) is 8.70. The number of nitrogens with two attached hydrogens (primary N) is 2. The topological polar surface area (TPSA) is 151 Å². The van der Waals surface area contributed by atoms with Crippen LogP contribution in [0.25, 0.3) is 0 Å². The van der Waals surface area contributed by atoms with Crippen LogP contribution in [0.15, 0.2) is 60.7 Å². The van der Waals surface area contributed by atoms with Crippen molar-refractivity contribution in [1.29, 1.82) is 0 Å². The lowest BCUT2D eigenvalue weighted by atomic mass is 9.78. The van der Waals surface area contributed by atoms with E-state index in [-0.39, 0.29) is 36.1 Å². The van der Waals surface area contributed by atoms with Crippen molar-refractivity contribution >= 4 is 23.5 Å². The highest BCUT2D eigenvalue weighted by Crippen LogP contribution is 2.42. The Labute approximate surface area is 285 Å². The molecule has 1 saturated carbocycles. The van der Waals surface area contributed by atoms with E-state index in [1.807, 2.05) is 65.6 Å². The van der Waals surface area contributed by atoms with E-state index in [1.165, 1.54) is 0 Å². The molecule has 10 heteroatoms. The number of likely N-dealkylation sites (N-methyl/N-ethyl adjacent to an activating group) is 1. The van der Waals surface area contributed by atoms with Crippen LogP contribution in [0.2, 0.25) is 0 Å². The molecule has 1 aliphatic carbocycles. The normalized spacial score (nSPS) is 21.9. The van der Waals surface area contributed by atoms with E-state index in [9.17, 15) is 19.2 Å². The number of nitrogens with zero attached hydrogens (tertiary/aromatic N) is 2. The summed E-state index contributed by atoms with van der Waals surface area (Å²) in [6.45, 7) is 5.36. The first-order chi connectivity index (χ1) is 23.2. The predicted molar refractivity (Wildman–Crippen MR) is 187 cm³/mol. The molecule has 0 aromatic heterocycles. The molecule has 5 atom stereocenters. The van der Waals surface area contributed by atoms with Gasteiger partial charge in [-0.15, -0.1) is 0 Å². The monoisotopic (exact) mass is 658 g/mol. The van der Waals surface area contributed by atoms with Crippen LogP contribution in [0.5, 0.6) is 0 Å². The van der Waals surface area contributed by atoms with Gasteiger partial charge in [0.2, 0.25) is 17.7 Å². The van der Waals surface area contributed by atoms with Gasteiger partial charge < -0.3 is 27.0 Å². The van der Waals surface area contributed by atoms with Crippen molar-refractivity contribution in [2.45, 2.75) is 108 Å². The van der Waals surface area contributed by atoms with Crippen molar-refractivity contribution in [1.82, 2.24) is 20.4 Å². The fraction of sp³-hybridized carbons (Fsp3) is 0.579. The summed E-state index contributed by atoms with van der Waals surface area (Å²) < 4.78 is 0. The second-order valence-electron chi connectivity index (χ2n) is 14.1. The lowest BCUT2D eigenvalue weighted by molar-refractivity contribution is -0.158. The van der Waals surface area contributed by atoms with Gasteiger partial charge in [0.15, 0.2) is 5.78 Å². The first-order valence-corrected chi connectivity index (χ1v) is 17.9. The first-order valence-electron chi connectivity index (χ1n) is 17.9. The molecule has 3 aliphatic heterocycles. The maximum atomic E-state index is 14.3. The van der Waals surface area contributed by atoms with Crippen LogP contribution in [0.4, 0.5) is 0 Å². The number of rotatable bonds is 17. The molecule has 3 heterocycles. The molecule has 5 unspecified atom stereocenters. The molecular formula is C38H54N6O4. The van der Waals surface area contributed by atoms with Gasteiger partial charge in [-0.2, -0.15) is 0 Å². The lowest BCUT2D eigenvalue weighted by Gasteiger charge is -2.57. The quantitative estimate of drug-likeness (QED) is 0.191. The van der Waals surface area contributed by atoms with Crippen molar-refractivity contribution in [2.75, 3.05) is 26.2 Å². The van der Waals surface area contributed by atoms with Crippen LogP contribution in [-0.2, 0) is 32.0 Å². The maximum absolute atomic E-state index is 14.3. The molecule has 0 spiro atoms. The Morgan fingerprint density at radius 3 is 2.04 bits per heavy atom. The Morgan fingerprint density at radius 2 is 1.46 bits per heavy atom. The van der Waals surface area contributed by atoms with Crippen molar-refractivity contribution < 1.29 is 19.2 Å². The fourth-order valence-electron chi connectivity index (χ4n) is 7.88. The number of carbonyl (C=O) groups is 4. The average Bonchev–Trinajstić information content (AvgIpc) is 3.58. The van der Waals surface area contributed by atoms with Gasteiger partial charge in [0.25, 0.3) is 0 Å². The van der Waals surface area contributed by atoms with Crippen molar-refractivity contribution in [3.05, 3.63) is 71.8 Å². The number of fused-ring (bicyclic) bond motifs is 2. The highest BCUT2D eigenvalue weighted by molar-refractivity contribution is 5.97. The number of unbranched alkanes of at least 4 members (excludes halogenated alkanes) is 1. The van der Waals surface area contributed by atoms with Crippen LogP contribution < -0.4 is 22.1 Å². The molecule has 6 rings (SSSR count). The number of nitrogens with one attached hydrogen (secondary N) is 2. The Kier molecular flexibility index (Phi) is 12.4. The van der Waals surface area contributed by atoms with E-state index in [4.69, 9.17) is 11.5 Å². The standard InChI is InChI=1S/C38H54N6O4/c1-2-43-25-29-23-30(26-43)44(29)36(47)32(17-9-12-20-39)42-37(48)38(18-10-11-19-38)24-34(45)33(22-28-15-7-4-8-16-28)41-35(46)31(40)21-27-13-5-3-6-14-27/h3-8,13-16,29-33H,2,9-12,17-26,39-40H2,1H3,(H,41,46)(H,42,48). The number of piperazine rings is 1. The van der Waals surface area contributed by atoms with E-state index in [0.717, 1.165) is 62.9 Å². The largest absolute Gasteiger partial charge is 0.345 e. The third-order valence-electron chi connectivity index (χ3n) is 10.7. The summed E-state index contributed by atoms with van der Waals surface area (Å²) in [5.41, 5.74) is 13.0. The van der Waals surface area contributed by atoms with Gasteiger partial charge in [-0.1, -0.05) is 80.4 Å². The molecule has 0 radical (unpaired) electrons. The average molecular weight is 659 g/mol. The van der Waals surface area contributed by atoms with Gasteiger partial charge in [0.05, 0.1) is 17.5 Å². The molecule has 2 aromatic carbocycles. The van der Waals surface area contributed by atoms with Gasteiger partial charge in [-0.25, -0.2) is 0 Å². The van der Waals surface area contributed by atoms with Crippen molar-refractivity contribution in [3.63, 3.8) is 0 Å². The highest BCUT2D eigenvalue weighted by Gasteiger charge is 2.50. The molecule has 2 bridgehead atoms. The van der Waals surface area contributed by atoms with Crippen molar-refractivity contribution in [3.8, 4) is 0 Å². The number of benzene rings is 2. The number of amides is 3. The van der Waals surface area contributed by atoms with Crippen molar-refractivity contribution in [2.24, 2.45) is 16.9 Å². The van der Waals surface area contributed by atoms with E-state index in [0.29, 0.717) is 38.6 Å². The van der Waals surface area contributed by atoms with Crippen LogP contribution in [-0.4, -0.2) is 89.7 Å². The summed E-state index contributed by atoms with van der Waals surface area (Å²) in [6.07, 6.45) is 6.45. The molecular weight excluding hydrogens is 604 g/mol. The van der Waals surface area contributed by atoms with Crippen LogP contribution in [0, 0.1) is 5.41 Å². The molecule has 4 aliphatic rings. The van der Waals surface area contributed by atoms with E-state index in [1.54, 1.807) is 0 Å². The second-order valence-corrected chi connectivity index (χ2v) is 14.1. The number of Topliss-reactive ketones (excluding diaryl/α,β-unsaturated/α-hetero) is 1. The molecule has 48 heavy (non-hydrogen) atoms. The minimum atomic E-state index is -0.931. The summed E-state index contributed by atoms with van der Waals surface area (Å²) in [4.78, 5) is 60.1. The SMILES string of the molecule is CCN1CC2CC(C1)N2C(=O)C(CCCCN)NC(=O)C1(CC(=O)C(Cc2ccccc2)NC(=O)C(N)Cc2ccccc2)CCCC1. The summed E-state index contributed by atoms with van der Waals surface area (Å²) in [5.74, 6) is -0.839. The van der Waals surface area contributed by atoms with Gasteiger partial charge in [0.1, 0.15) is 6.04 Å². The number of ketones is 1.